The second kappa shape index (κ2) is 12.1. The minimum Gasteiger partial charge on any atom is -0.483 e. The Kier molecular flexibility index (Phi) is 8.31. The van der Waals surface area contributed by atoms with Crippen molar-refractivity contribution in [3.8, 4) is 22.5 Å². The molecule has 0 atom stereocenters. The molecule has 1 amide bonds. The SMILES string of the molecule is Cc1ccc(C(=O)Nc2cc(C(F)(F)F)c(Cl)cn2)cc1-c1cc2cnc(=Nc3cnn(C)c3)nc-2n2c1NCC2.O=CO. The molecule has 0 aliphatic carbocycles. The van der Waals surface area contributed by atoms with Crippen LogP contribution in [0.1, 0.15) is 21.5 Å². The van der Waals surface area contributed by atoms with E-state index in [1.807, 2.05) is 17.6 Å². The van der Waals surface area contributed by atoms with Crippen LogP contribution in [-0.2, 0) is 24.6 Å². The van der Waals surface area contributed by atoms with Gasteiger partial charge in [0.05, 0.1) is 23.0 Å². The first-order chi connectivity index (χ1) is 21.0. The summed E-state index contributed by atoms with van der Waals surface area (Å²) >= 11 is 5.65. The molecule has 3 N–H and O–H groups in total. The van der Waals surface area contributed by atoms with Crippen LogP contribution in [0.4, 0.5) is 30.5 Å². The van der Waals surface area contributed by atoms with Gasteiger partial charge >= 0.3 is 6.18 Å². The van der Waals surface area contributed by atoms with E-state index in [0.717, 1.165) is 34.3 Å². The summed E-state index contributed by atoms with van der Waals surface area (Å²) in [5.74, 6) is 0.644. The molecular formula is C28H23ClF3N9O3. The lowest BCUT2D eigenvalue weighted by Crippen LogP contribution is -2.17. The highest BCUT2D eigenvalue weighted by Gasteiger charge is 2.34. The van der Waals surface area contributed by atoms with Gasteiger partial charge in [0, 0.05) is 49.2 Å². The molecule has 3 aliphatic heterocycles. The van der Waals surface area contributed by atoms with Crippen LogP contribution >= 0.6 is 11.6 Å². The molecule has 1 aromatic carbocycles. The third-order valence-electron chi connectivity index (χ3n) is 6.60. The zero-order valence-electron chi connectivity index (χ0n) is 23.1. The number of carboxylic acid groups (broad SMARTS) is 1. The second-order valence-corrected chi connectivity index (χ2v) is 9.96. The van der Waals surface area contributed by atoms with Crippen LogP contribution in [0.3, 0.4) is 0 Å². The van der Waals surface area contributed by atoms with Crippen LogP contribution < -0.4 is 16.3 Å². The number of fused-ring (bicyclic) bond motifs is 3. The predicted molar refractivity (Wildman–Crippen MR) is 155 cm³/mol. The topological polar surface area (TPSA) is 152 Å². The van der Waals surface area contributed by atoms with Gasteiger partial charge in [0.2, 0.25) is 0 Å². The molecule has 12 nitrogen and oxygen atoms in total. The summed E-state index contributed by atoms with van der Waals surface area (Å²) in [6, 6.07) is 7.73. The van der Waals surface area contributed by atoms with Crippen molar-refractivity contribution < 1.29 is 27.9 Å². The highest BCUT2D eigenvalue weighted by molar-refractivity contribution is 6.31. The molecule has 0 bridgehead atoms. The van der Waals surface area contributed by atoms with Crippen molar-refractivity contribution in [2.75, 3.05) is 17.2 Å². The Hall–Kier alpha value is -5.31. The summed E-state index contributed by atoms with van der Waals surface area (Å²) in [7, 11) is 1.80. The summed E-state index contributed by atoms with van der Waals surface area (Å²) in [5, 5.41) is 16.3. The van der Waals surface area contributed by atoms with Crippen molar-refractivity contribution in [1.82, 2.24) is 29.3 Å². The normalized spacial score (nSPS) is 12.7. The van der Waals surface area contributed by atoms with Crippen LogP contribution in [0.25, 0.3) is 22.5 Å². The molecular weight excluding hydrogens is 603 g/mol. The Balaban J connectivity index is 0.00000123. The van der Waals surface area contributed by atoms with Crippen molar-refractivity contribution in [2.24, 2.45) is 12.0 Å². The van der Waals surface area contributed by atoms with Crippen molar-refractivity contribution in [1.29, 1.82) is 0 Å². The molecule has 2 aromatic heterocycles. The molecule has 3 aliphatic rings. The minimum absolute atomic E-state index is 0.245. The number of aromatic nitrogens is 6. The van der Waals surface area contributed by atoms with E-state index in [0.29, 0.717) is 36.3 Å². The van der Waals surface area contributed by atoms with Crippen molar-refractivity contribution in [3.05, 3.63) is 82.5 Å². The van der Waals surface area contributed by atoms with Gasteiger partial charge < -0.3 is 20.3 Å². The zero-order chi connectivity index (χ0) is 31.6. The van der Waals surface area contributed by atoms with Crippen molar-refractivity contribution in [3.63, 3.8) is 0 Å². The molecule has 44 heavy (non-hydrogen) atoms. The van der Waals surface area contributed by atoms with Gasteiger partial charge in [-0.05, 0) is 42.3 Å². The van der Waals surface area contributed by atoms with Gasteiger partial charge in [-0.3, -0.25) is 14.3 Å². The number of hydrogen-bond acceptors (Lipinski definition) is 8. The first kappa shape index (κ1) is 30.2. The fourth-order valence-electron chi connectivity index (χ4n) is 4.67. The minimum atomic E-state index is -4.69. The van der Waals surface area contributed by atoms with Crippen LogP contribution in [0.2, 0.25) is 5.02 Å². The molecule has 0 saturated carbocycles. The first-order valence-corrected chi connectivity index (χ1v) is 13.3. The molecule has 226 valence electrons. The lowest BCUT2D eigenvalue weighted by molar-refractivity contribution is -0.137. The number of anilines is 2. The number of nitrogens with zero attached hydrogens (tertiary/aromatic N) is 7. The number of carbonyl (C=O) groups is 2. The van der Waals surface area contributed by atoms with E-state index in [-0.39, 0.29) is 17.9 Å². The summed E-state index contributed by atoms with van der Waals surface area (Å²) in [6.07, 6.45) is 1.26. The maximum absolute atomic E-state index is 13.3. The van der Waals surface area contributed by atoms with Gasteiger partial charge in [0.15, 0.2) is 0 Å². The first-order valence-electron chi connectivity index (χ1n) is 12.9. The molecule has 0 spiro atoms. The fraction of sp³-hybridized carbons (Fsp3) is 0.179. The summed E-state index contributed by atoms with van der Waals surface area (Å²) in [5.41, 5.74) is 3.37. The molecule has 6 rings (SSSR count). The Morgan fingerprint density at radius 2 is 1.93 bits per heavy atom. The van der Waals surface area contributed by atoms with Gasteiger partial charge in [-0.2, -0.15) is 23.3 Å². The highest BCUT2D eigenvalue weighted by atomic mass is 35.5. The average molecular weight is 626 g/mol. The lowest BCUT2D eigenvalue weighted by Gasteiger charge is -2.18. The van der Waals surface area contributed by atoms with E-state index in [2.05, 4.69) is 35.7 Å². The van der Waals surface area contributed by atoms with E-state index in [9.17, 15) is 18.0 Å². The Labute approximate surface area is 252 Å². The molecule has 0 saturated heterocycles. The summed E-state index contributed by atoms with van der Waals surface area (Å²) in [6.45, 7) is 3.00. The van der Waals surface area contributed by atoms with Crippen LogP contribution in [0.5, 0.6) is 0 Å². The molecule has 5 heterocycles. The van der Waals surface area contributed by atoms with Gasteiger partial charge in [-0.15, -0.1) is 0 Å². The smallest absolute Gasteiger partial charge is 0.418 e. The third-order valence-corrected chi connectivity index (χ3v) is 6.91. The van der Waals surface area contributed by atoms with Gasteiger partial charge in [0.1, 0.15) is 23.1 Å². The van der Waals surface area contributed by atoms with Crippen molar-refractivity contribution in [2.45, 2.75) is 19.6 Å². The molecule has 0 radical (unpaired) electrons. The lowest BCUT2D eigenvalue weighted by atomic mass is 9.96. The Morgan fingerprint density at radius 1 is 1.16 bits per heavy atom. The molecule has 0 unspecified atom stereocenters. The van der Waals surface area contributed by atoms with E-state index < -0.39 is 22.7 Å². The number of aryl methyl sites for hydroxylation is 2. The number of hydrogen-bond donors (Lipinski definition) is 3. The number of halogens is 4. The van der Waals surface area contributed by atoms with Crippen LogP contribution in [0.15, 0.2) is 60.1 Å². The predicted octanol–water partition coefficient (Wildman–Crippen LogP) is 4.77. The quantitative estimate of drug-likeness (QED) is 0.242. The second-order valence-electron chi connectivity index (χ2n) is 9.55. The Bertz CT molecular complexity index is 1920. The molecule has 16 heteroatoms. The third kappa shape index (κ3) is 6.22. The van der Waals surface area contributed by atoms with Crippen LogP contribution in [-0.4, -0.2) is 53.3 Å². The Morgan fingerprint density at radius 3 is 2.64 bits per heavy atom. The van der Waals surface area contributed by atoms with E-state index in [1.54, 1.807) is 48.5 Å². The van der Waals surface area contributed by atoms with Crippen molar-refractivity contribution >= 4 is 41.3 Å². The van der Waals surface area contributed by atoms with Gasteiger partial charge in [-0.1, -0.05) is 17.7 Å². The van der Waals surface area contributed by atoms with E-state index in [4.69, 9.17) is 21.5 Å². The van der Waals surface area contributed by atoms with Crippen LogP contribution in [0, 0.1) is 6.92 Å². The highest BCUT2D eigenvalue weighted by Crippen LogP contribution is 2.39. The molecule has 0 fully saturated rings. The summed E-state index contributed by atoms with van der Waals surface area (Å²) in [4.78, 5) is 38.8. The number of alkyl halides is 3. The number of benzene rings is 1. The maximum Gasteiger partial charge on any atom is 0.418 e. The van der Waals surface area contributed by atoms with E-state index >= 15 is 0 Å². The number of nitrogens with one attached hydrogen (secondary N) is 2. The maximum atomic E-state index is 13.3. The number of pyridine rings is 2. The monoisotopic (exact) mass is 625 g/mol. The van der Waals surface area contributed by atoms with E-state index in [1.165, 1.54) is 0 Å². The zero-order valence-corrected chi connectivity index (χ0v) is 23.8. The summed E-state index contributed by atoms with van der Waals surface area (Å²) < 4.78 is 43.5. The number of amides is 1. The number of rotatable bonds is 4. The standard InChI is InChI=1S/C27H21ClF3N9O.CH2O2/c1-14-3-4-15(25(41)37-22-9-20(27(29,30)31)21(28)12-33-22)7-18(14)19-8-16-10-34-26(36-17-11-35-39(2)13-17)38-23(16)40-6-5-32-24(19)40;2-1-3/h3-4,7-13,32H,5-6H2,1-2H3,(H,33,37,41);1H,(H,2,3). The largest absolute Gasteiger partial charge is 0.483 e. The fourth-order valence-corrected chi connectivity index (χ4v) is 4.88. The number of carbonyl (C=O) groups excluding carboxylic acids is 1. The molecule has 3 aromatic rings. The average Bonchev–Trinajstić information content (AvgIpc) is 3.63. The van der Waals surface area contributed by atoms with Gasteiger partial charge in [0.25, 0.3) is 18.0 Å². The van der Waals surface area contributed by atoms with Gasteiger partial charge in [-0.25, -0.2) is 15.0 Å².